The summed E-state index contributed by atoms with van der Waals surface area (Å²) in [5.41, 5.74) is 1.25. The van der Waals surface area contributed by atoms with Gasteiger partial charge in [-0.15, -0.1) is 0 Å². The molecule has 0 fully saturated rings. The fourth-order valence-corrected chi connectivity index (χ4v) is 2.05. The Morgan fingerprint density at radius 2 is 2.14 bits per heavy atom. The molecule has 1 N–H and O–H groups in total. The Morgan fingerprint density at radius 3 is 2.71 bits per heavy atom. The molecule has 0 saturated carbocycles. The molecule has 0 spiro atoms. The molecule has 1 amide bonds. The van der Waals surface area contributed by atoms with Crippen LogP contribution in [0.2, 0.25) is 5.02 Å². The predicted molar refractivity (Wildman–Crippen MR) is 81.9 cm³/mol. The Bertz CT molecular complexity index is 754. The van der Waals surface area contributed by atoms with Crippen molar-refractivity contribution in [3.8, 4) is 6.07 Å². The van der Waals surface area contributed by atoms with Crippen molar-refractivity contribution in [2.45, 2.75) is 13.8 Å². The highest BCUT2D eigenvalue weighted by Gasteiger charge is 2.11. The van der Waals surface area contributed by atoms with Gasteiger partial charge in [-0.25, -0.2) is 0 Å². The maximum Gasteiger partial charge on any atom is 0.266 e. The fraction of sp³-hybridized carbons (Fsp3) is 0.125. The topological polar surface area (TPSA) is 66.0 Å². The van der Waals surface area contributed by atoms with Crippen molar-refractivity contribution in [2.24, 2.45) is 0 Å². The summed E-state index contributed by atoms with van der Waals surface area (Å²) in [5.74, 6) is 0.903. The molecule has 21 heavy (non-hydrogen) atoms. The van der Waals surface area contributed by atoms with Crippen LogP contribution < -0.4 is 5.32 Å². The second-order valence-electron chi connectivity index (χ2n) is 4.50. The van der Waals surface area contributed by atoms with E-state index in [1.54, 1.807) is 37.3 Å². The minimum absolute atomic E-state index is 0.00104. The molecule has 0 atom stereocenters. The molecule has 0 aliphatic rings. The molecule has 0 radical (unpaired) electrons. The molecule has 0 saturated heterocycles. The van der Waals surface area contributed by atoms with Crippen LogP contribution in [0.4, 0.5) is 5.69 Å². The van der Waals surface area contributed by atoms with Gasteiger partial charge in [-0.3, -0.25) is 4.79 Å². The van der Waals surface area contributed by atoms with Crippen LogP contribution in [0.15, 0.2) is 40.3 Å². The smallest absolute Gasteiger partial charge is 0.266 e. The second-order valence-corrected chi connectivity index (χ2v) is 4.94. The lowest BCUT2D eigenvalue weighted by Crippen LogP contribution is -2.13. The van der Waals surface area contributed by atoms with Gasteiger partial charge in [-0.05, 0) is 44.2 Å². The molecular weight excluding hydrogens is 288 g/mol. The molecule has 2 rings (SSSR count). The Kier molecular flexibility index (Phi) is 4.46. The summed E-state index contributed by atoms with van der Waals surface area (Å²) in [4.78, 5) is 12.1. The monoisotopic (exact) mass is 300 g/mol. The fourth-order valence-electron chi connectivity index (χ4n) is 1.86. The summed E-state index contributed by atoms with van der Waals surface area (Å²) in [6, 6.07) is 10.4. The summed E-state index contributed by atoms with van der Waals surface area (Å²) >= 11 is 5.85. The van der Waals surface area contributed by atoms with Crippen LogP contribution >= 0.6 is 11.6 Å². The highest BCUT2D eigenvalue weighted by Crippen LogP contribution is 2.19. The summed E-state index contributed by atoms with van der Waals surface area (Å²) in [6.45, 7) is 3.59. The van der Waals surface area contributed by atoms with Crippen LogP contribution in [-0.4, -0.2) is 5.91 Å². The maximum absolute atomic E-state index is 12.1. The number of anilines is 1. The number of amides is 1. The number of nitriles is 1. The molecule has 0 aliphatic heterocycles. The van der Waals surface area contributed by atoms with Gasteiger partial charge in [0.2, 0.25) is 0 Å². The van der Waals surface area contributed by atoms with Gasteiger partial charge in [0.25, 0.3) is 5.91 Å². The van der Waals surface area contributed by atoms with Gasteiger partial charge in [0.1, 0.15) is 23.2 Å². The van der Waals surface area contributed by atoms with E-state index >= 15 is 0 Å². The normalized spacial score (nSPS) is 11.0. The van der Waals surface area contributed by atoms with Crippen LogP contribution in [0.1, 0.15) is 17.1 Å². The molecule has 106 valence electrons. The van der Waals surface area contributed by atoms with Crippen LogP contribution in [-0.2, 0) is 4.79 Å². The number of carbonyl (C=O) groups is 1. The molecule has 5 heteroatoms. The Morgan fingerprint density at radius 1 is 1.38 bits per heavy atom. The summed E-state index contributed by atoms with van der Waals surface area (Å²) < 4.78 is 5.37. The third kappa shape index (κ3) is 3.74. The first kappa shape index (κ1) is 14.9. The van der Waals surface area contributed by atoms with Crippen molar-refractivity contribution in [3.05, 3.63) is 58.0 Å². The zero-order valence-corrected chi connectivity index (χ0v) is 12.4. The molecule has 1 aromatic carbocycles. The zero-order valence-electron chi connectivity index (χ0n) is 11.6. The summed E-state index contributed by atoms with van der Waals surface area (Å²) in [7, 11) is 0. The minimum Gasteiger partial charge on any atom is -0.466 e. The first-order valence-electron chi connectivity index (χ1n) is 6.25. The Hall–Kier alpha value is -2.51. The predicted octanol–water partition coefficient (Wildman–Crippen LogP) is 4.10. The Balaban J connectivity index is 2.23. The molecule has 4 nitrogen and oxygen atoms in total. The number of benzene rings is 1. The third-order valence-corrected chi connectivity index (χ3v) is 3.06. The van der Waals surface area contributed by atoms with Crippen molar-refractivity contribution in [3.63, 3.8) is 0 Å². The van der Waals surface area contributed by atoms with E-state index in [4.69, 9.17) is 21.3 Å². The van der Waals surface area contributed by atoms with Crippen molar-refractivity contribution in [1.29, 1.82) is 5.26 Å². The number of aryl methyl sites for hydroxylation is 2. The van der Waals surface area contributed by atoms with E-state index in [1.165, 1.54) is 6.08 Å². The van der Waals surface area contributed by atoms with Crippen LogP contribution in [0.3, 0.4) is 0 Å². The molecular formula is C16H13ClN2O2. The van der Waals surface area contributed by atoms with E-state index in [9.17, 15) is 4.79 Å². The Labute approximate surface area is 127 Å². The summed E-state index contributed by atoms with van der Waals surface area (Å²) in [6.07, 6.45) is 1.51. The number of hydrogen-bond acceptors (Lipinski definition) is 3. The number of furan rings is 1. The minimum atomic E-state index is -0.488. The number of nitrogens with one attached hydrogen (secondary N) is 1. The van der Waals surface area contributed by atoms with Gasteiger partial charge in [0.15, 0.2) is 0 Å². The maximum atomic E-state index is 12.1. The van der Waals surface area contributed by atoms with Gasteiger partial charge >= 0.3 is 0 Å². The van der Waals surface area contributed by atoms with E-state index in [2.05, 4.69) is 5.32 Å². The van der Waals surface area contributed by atoms with Crippen molar-refractivity contribution in [2.75, 3.05) is 5.32 Å². The highest BCUT2D eigenvalue weighted by atomic mass is 35.5. The summed E-state index contributed by atoms with van der Waals surface area (Å²) in [5, 5.41) is 12.3. The van der Waals surface area contributed by atoms with Crippen LogP contribution in [0, 0.1) is 25.2 Å². The van der Waals surface area contributed by atoms with Gasteiger partial charge in [0.05, 0.1) is 0 Å². The standard InChI is InChI=1S/C16H13ClN2O2/c1-10-6-12(11(2)21-10)7-13(9-18)16(20)19-15-5-3-4-14(17)8-15/h3-8H,1-2H3,(H,19,20)/b13-7-. The zero-order chi connectivity index (χ0) is 15.4. The van der Waals surface area contributed by atoms with Crippen molar-refractivity contribution in [1.82, 2.24) is 0 Å². The van der Waals surface area contributed by atoms with Gasteiger partial charge in [0, 0.05) is 16.3 Å². The van der Waals surface area contributed by atoms with Crippen molar-refractivity contribution < 1.29 is 9.21 Å². The highest BCUT2D eigenvalue weighted by molar-refractivity contribution is 6.31. The quantitative estimate of drug-likeness (QED) is 0.685. The number of nitrogens with zero attached hydrogens (tertiary/aromatic N) is 1. The van der Waals surface area contributed by atoms with Gasteiger partial charge in [-0.1, -0.05) is 17.7 Å². The first-order chi connectivity index (χ1) is 9.99. The van der Waals surface area contributed by atoms with Crippen molar-refractivity contribution >= 4 is 29.3 Å². The number of carbonyl (C=O) groups excluding carboxylic acids is 1. The second kappa shape index (κ2) is 6.29. The van der Waals surface area contributed by atoms with Crippen LogP contribution in [0.5, 0.6) is 0 Å². The molecule has 0 aliphatic carbocycles. The average molecular weight is 301 g/mol. The first-order valence-corrected chi connectivity index (χ1v) is 6.63. The van der Waals surface area contributed by atoms with E-state index < -0.39 is 5.91 Å². The van der Waals surface area contributed by atoms with E-state index in [0.29, 0.717) is 22.0 Å². The molecule has 2 aromatic rings. The number of hydrogen-bond donors (Lipinski definition) is 1. The lowest BCUT2D eigenvalue weighted by molar-refractivity contribution is -0.112. The van der Waals surface area contributed by atoms with E-state index in [-0.39, 0.29) is 5.57 Å². The molecule has 0 unspecified atom stereocenters. The molecule has 1 heterocycles. The third-order valence-electron chi connectivity index (χ3n) is 2.83. The van der Waals surface area contributed by atoms with E-state index in [1.807, 2.05) is 13.0 Å². The van der Waals surface area contributed by atoms with Gasteiger partial charge in [-0.2, -0.15) is 5.26 Å². The lowest BCUT2D eigenvalue weighted by Gasteiger charge is -2.04. The SMILES string of the molecule is Cc1cc(/C=C(/C#N)C(=O)Nc2cccc(Cl)c2)c(C)o1. The lowest BCUT2D eigenvalue weighted by atomic mass is 10.1. The van der Waals surface area contributed by atoms with Gasteiger partial charge < -0.3 is 9.73 Å². The number of rotatable bonds is 3. The average Bonchev–Trinajstić information content (AvgIpc) is 2.74. The number of halogens is 1. The van der Waals surface area contributed by atoms with Crippen LogP contribution in [0.25, 0.3) is 6.08 Å². The largest absolute Gasteiger partial charge is 0.466 e. The van der Waals surface area contributed by atoms with E-state index in [0.717, 1.165) is 5.76 Å². The molecule has 0 bridgehead atoms. The molecule has 1 aromatic heterocycles.